The van der Waals surface area contributed by atoms with Crippen LogP contribution in [0.2, 0.25) is 0 Å². The van der Waals surface area contributed by atoms with Crippen molar-refractivity contribution in [3.63, 3.8) is 0 Å². The van der Waals surface area contributed by atoms with Crippen LogP contribution in [0.5, 0.6) is 0 Å². The Bertz CT molecular complexity index is 576. The van der Waals surface area contributed by atoms with Gasteiger partial charge in [0, 0.05) is 13.7 Å². The first-order valence-electron chi connectivity index (χ1n) is 6.40. The number of hydrogen-bond donors (Lipinski definition) is 2. The number of benzene rings is 1. The third-order valence-corrected chi connectivity index (χ3v) is 3.69. The molecule has 1 aliphatic rings. The first-order valence-corrected chi connectivity index (χ1v) is 6.40. The van der Waals surface area contributed by atoms with Crippen molar-refractivity contribution >= 4 is 11.0 Å². The molecule has 0 radical (unpaired) electrons. The van der Waals surface area contributed by atoms with E-state index in [1.165, 1.54) is 11.1 Å². The van der Waals surface area contributed by atoms with E-state index in [2.05, 4.69) is 36.3 Å². The molecule has 1 saturated heterocycles. The summed E-state index contributed by atoms with van der Waals surface area (Å²) in [4.78, 5) is 8.17. The molecule has 2 heterocycles. The van der Waals surface area contributed by atoms with E-state index in [-0.39, 0.29) is 6.04 Å². The molecule has 18 heavy (non-hydrogen) atoms. The molecule has 2 unspecified atom stereocenters. The lowest BCUT2D eigenvalue weighted by Gasteiger charge is -2.06. The number of aromatic nitrogens is 2. The highest BCUT2D eigenvalue weighted by atomic mass is 16.5. The number of methoxy groups -OCH3 is 1. The van der Waals surface area contributed by atoms with Gasteiger partial charge in [0.2, 0.25) is 0 Å². The number of imidazole rings is 1. The Kier molecular flexibility index (Phi) is 2.84. The molecule has 2 atom stereocenters. The fourth-order valence-corrected chi connectivity index (χ4v) is 2.75. The Hall–Kier alpha value is -1.39. The topological polar surface area (TPSA) is 49.9 Å². The summed E-state index contributed by atoms with van der Waals surface area (Å²) in [5.41, 5.74) is 4.71. The quantitative estimate of drug-likeness (QED) is 0.853. The number of hydrogen-bond acceptors (Lipinski definition) is 3. The number of H-pyrrole nitrogens is 1. The number of ether oxygens (including phenoxy) is 1. The van der Waals surface area contributed by atoms with E-state index in [0.717, 1.165) is 29.8 Å². The van der Waals surface area contributed by atoms with E-state index < -0.39 is 0 Å². The summed E-state index contributed by atoms with van der Waals surface area (Å²) in [5, 5.41) is 3.45. The SMILES string of the molecule is COC1CNC(c2nc3c(C)cc(C)cc3[nH]2)C1. The van der Waals surface area contributed by atoms with Crippen molar-refractivity contribution in [3.05, 3.63) is 29.1 Å². The summed E-state index contributed by atoms with van der Waals surface area (Å²) >= 11 is 0. The number of aromatic amines is 1. The number of nitrogens with one attached hydrogen (secondary N) is 2. The summed E-state index contributed by atoms with van der Waals surface area (Å²) in [6.07, 6.45) is 1.28. The van der Waals surface area contributed by atoms with Crippen molar-refractivity contribution in [1.29, 1.82) is 0 Å². The van der Waals surface area contributed by atoms with Gasteiger partial charge in [-0.1, -0.05) is 6.07 Å². The van der Waals surface area contributed by atoms with E-state index in [1.54, 1.807) is 7.11 Å². The minimum atomic E-state index is 0.280. The van der Waals surface area contributed by atoms with E-state index in [4.69, 9.17) is 9.72 Å². The molecular weight excluding hydrogens is 226 g/mol. The first kappa shape index (κ1) is 11.7. The van der Waals surface area contributed by atoms with Gasteiger partial charge in [-0.05, 0) is 37.5 Å². The van der Waals surface area contributed by atoms with Crippen molar-refractivity contribution in [2.75, 3.05) is 13.7 Å². The van der Waals surface area contributed by atoms with Crippen LogP contribution in [0.4, 0.5) is 0 Å². The molecule has 0 spiro atoms. The molecule has 2 aromatic rings. The van der Waals surface area contributed by atoms with Crippen LogP contribution < -0.4 is 5.32 Å². The van der Waals surface area contributed by atoms with Crippen LogP contribution in [0.3, 0.4) is 0 Å². The van der Waals surface area contributed by atoms with Crippen molar-refractivity contribution in [2.24, 2.45) is 0 Å². The molecule has 1 aliphatic heterocycles. The molecule has 4 heteroatoms. The maximum atomic E-state index is 5.38. The zero-order chi connectivity index (χ0) is 12.7. The van der Waals surface area contributed by atoms with Crippen molar-refractivity contribution < 1.29 is 4.74 Å². The van der Waals surface area contributed by atoms with Crippen molar-refractivity contribution in [1.82, 2.24) is 15.3 Å². The summed E-state index contributed by atoms with van der Waals surface area (Å²) in [5.74, 6) is 1.03. The predicted molar refractivity (Wildman–Crippen MR) is 71.7 cm³/mol. The molecule has 1 aromatic heterocycles. The lowest BCUT2D eigenvalue weighted by molar-refractivity contribution is 0.117. The van der Waals surface area contributed by atoms with E-state index in [9.17, 15) is 0 Å². The van der Waals surface area contributed by atoms with Crippen LogP contribution in [-0.2, 0) is 4.74 Å². The Morgan fingerprint density at radius 3 is 2.89 bits per heavy atom. The largest absolute Gasteiger partial charge is 0.380 e. The van der Waals surface area contributed by atoms with Gasteiger partial charge >= 0.3 is 0 Å². The maximum absolute atomic E-state index is 5.38. The summed E-state index contributed by atoms with van der Waals surface area (Å²) in [6.45, 7) is 5.12. The molecule has 96 valence electrons. The molecule has 3 rings (SSSR count). The van der Waals surface area contributed by atoms with Gasteiger partial charge in [0.25, 0.3) is 0 Å². The van der Waals surface area contributed by atoms with Gasteiger partial charge in [-0.3, -0.25) is 0 Å². The van der Waals surface area contributed by atoms with E-state index in [0.29, 0.717) is 6.10 Å². The van der Waals surface area contributed by atoms with Gasteiger partial charge in [0.15, 0.2) is 0 Å². The summed E-state index contributed by atoms with van der Waals surface area (Å²) < 4.78 is 5.38. The molecule has 0 amide bonds. The average molecular weight is 245 g/mol. The molecule has 0 saturated carbocycles. The van der Waals surface area contributed by atoms with Crippen LogP contribution in [0, 0.1) is 13.8 Å². The molecule has 0 aliphatic carbocycles. The van der Waals surface area contributed by atoms with Gasteiger partial charge < -0.3 is 15.0 Å². The van der Waals surface area contributed by atoms with Crippen LogP contribution in [0.25, 0.3) is 11.0 Å². The van der Waals surface area contributed by atoms with Gasteiger partial charge in [-0.25, -0.2) is 4.98 Å². The fraction of sp³-hybridized carbons (Fsp3) is 0.500. The highest BCUT2D eigenvalue weighted by molar-refractivity contribution is 5.79. The predicted octanol–water partition coefficient (Wildman–Crippen LogP) is 2.23. The second-order valence-electron chi connectivity index (χ2n) is 5.15. The highest BCUT2D eigenvalue weighted by Gasteiger charge is 2.27. The third-order valence-electron chi connectivity index (χ3n) is 3.69. The minimum Gasteiger partial charge on any atom is -0.380 e. The van der Waals surface area contributed by atoms with Crippen LogP contribution in [0.15, 0.2) is 12.1 Å². The van der Waals surface area contributed by atoms with E-state index >= 15 is 0 Å². The van der Waals surface area contributed by atoms with Gasteiger partial charge in [-0.2, -0.15) is 0 Å². The smallest absolute Gasteiger partial charge is 0.124 e. The summed E-state index contributed by atoms with van der Waals surface area (Å²) in [6, 6.07) is 4.61. The average Bonchev–Trinajstić information content (AvgIpc) is 2.93. The molecule has 0 bridgehead atoms. The van der Waals surface area contributed by atoms with E-state index in [1.807, 2.05) is 0 Å². The third kappa shape index (κ3) is 1.91. The molecule has 2 N–H and O–H groups in total. The normalized spacial score (nSPS) is 23.9. The van der Waals surface area contributed by atoms with Crippen LogP contribution >= 0.6 is 0 Å². The monoisotopic (exact) mass is 245 g/mol. The second kappa shape index (κ2) is 4.37. The lowest BCUT2D eigenvalue weighted by Crippen LogP contribution is -2.16. The Labute approximate surface area is 107 Å². The fourth-order valence-electron chi connectivity index (χ4n) is 2.75. The minimum absolute atomic E-state index is 0.280. The van der Waals surface area contributed by atoms with Gasteiger partial charge in [0.05, 0.1) is 23.2 Å². The van der Waals surface area contributed by atoms with Crippen LogP contribution in [-0.4, -0.2) is 29.7 Å². The lowest BCUT2D eigenvalue weighted by atomic mass is 10.1. The van der Waals surface area contributed by atoms with Crippen molar-refractivity contribution in [2.45, 2.75) is 32.4 Å². The van der Waals surface area contributed by atoms with Gasteiger partial charge in [-0.15, -0.1) is 0 Å². The Morgan fingerprint density at radius 1 is 1.33 bits per heavy atom. The number of fused-ring (bicyclic) bond motifs is 1. The maximum Gasteiger partial charge on any atom is 0.124 e. The standard InChI is InChI=1S/C14H19N3O/c1-8-4-9(2)13-11(5-8)16-14(17-13)12-6-10(18-3)7-15-12/h4-5,10,12,15H,6-7H2,1-3H3,(H,16,17). The molecule has 1 aromatic carbocycles. The number of aryl methyl sites for hydroxylation is 2. The Morgan fingerprint density at radius 2 is 2.17 bits per heavy atom. The van der Waals surface area contributed by atoms with Gasteiger partial charge in [0.1, 0.15) is 5.82 Å². The highest BCUT2D eigenvalue weighted by Crippen LogP contribution is 2.26. The Balaban J connectivity index is 1.96. The number of rotatable bonds is 2. The zero-order valence-electron chi connectivity index (χ0n) is 11.1. The second-order valence-corrected chi connectivity index (χ2v) is 5.15. The zero-order valence-corrected chi connectivity index (χ0v) is 11.1. The molecule has 1 fully saturated rings. The molecule has 4 nitrogen and oxygen atoms in total. The van der Waals surface area contributed by atoms with Crippen LogP contribution in [0.1, 0.15) is 29.4 Å². The molecular formula is C14H19N3O. The van der Waals surface area contributed by atoms with Crippen molar-refractivity contribution in [3.8, 4) is 0 Å². The number of nitrogens with zero attached hydrogens (tertiary/aromatic N) is 1. The first-order chi connectivity index (χ1) is 8.67. The summed E-state index contributed by atoms with van der Waals surface area (Å²) in [7, 11) is 1.76.